The topological polar surface area (TPSA) is 75.7 Å². The number of nitrogens with one attached hydrogen (secondary N) is 1. The second-order valence-corrected chi connectivity index (χ2v) is 7.95. The number of amides is 3. The molecule has 7 heteroatoms. The molecule has 1 heterocycles. The summed E-state index contributed by atoms with van der Waals surface area (Å²) in [5.74, 6) is -0.820. The van der Waals surface area contributed by atoms with Crippen molar-refractivity contribution in [2.45, 2.75) is 13.3 Å². The van der Waals surface area contributed by atoms with Crippen molar-refractivity contribution in [3.63, 3.8) is 0 Å². The van der Waals surface area contributed by atoms with Crippen molar-refractivity contribution in [3.05, 3.63) is 65.2 Å². The van der Waals surface area contributed by atoms with E-state index in [-0.39, 0.29) is 35.5 Å². The van der Waals surface area contributed by atoms with E-state index >= 15 is 0 Å². The van der Waals surface area contributed by atoms with E-state index in [0.717, 1.165) is 0 Å². The maximum Gasteiger partial charge on any atom is 0.255 e. The van der Waals surface area contributed by atoms with Crippen LogP contribution >= 0.6 is 11.6 Å². The highest BCUT2D eigenvalue weighted by molar-refractivity contribution is 6.31. The first-order valence-corrected chi connectivity index (χ1v) is 10.1. The summed E-state index contributed by atoms with van der Waals surface area (Å²) in [5.41, 5.74) is 1.31. The summed E-state index contributed by atoms with van der Waals surface area (Å²) in [6.07, 6.45) is 4.55. The fourth-order valence-electron chi connectivity index (χ4n) is 4.14. The number of halogens is 1. The van der Waals surface area contributed by atoms with Crippen LogP contribution in [0.25, 0.3) is 0 Å². The van der Waals surface area contributed by atoms with Gasteiger partial charge in [-0.05, 0) is 54.8 Å². The molecule has 1 fully saturated rings. The molecule has 4 rings (SSSR count). The predicted molar refractivity (Wildman–Crippen MR) is 115 cm³/mol. The Balaban J connectivity index is 1.54. The Morgan fingerprint density at radius 1 is 1.13 bits per heavy atom. The zero-order chi connectivity index (χ0) is 21.4. The van der Waals surface area contributed by atoms with E-state index < -0.39 is 0 Å². The average Bonchev–Trinajstić information content (AvgIpc) is 2.99. The van der Waals surface area contributed by atoms with Gasteiger partial charge in [0.15, 0.2) is 0 Å². The Labute approximate surface area is 179 Å². The zero-order valence-corrected chi connectivity index (χ0v) is 17.3. The summed E-state index contributed by atoms with van der Waals surface area (Å²) in [4.78, 5) is 39.6. The van der Waals surface area contributed by atoms with Crippen molar-refractivity contribution in [1.29, 1.82) is 0 Å². The molecule has 6 nitrogen and oxygen atoms in total. The second-order valence-electron chi connectivity index (χ2n) is 7.51. The van der Waals surface area contributed by atoms with Crippen LogP contribution in [-0.4, -0.2) is 24.8 Å². The highest BCUT2D eigenvalue weighted by Crippen LogP contribution is 2.40. The van der Waals surface area contributed by atoms with Gasteiger partial charge in [-0.1, -0.05) is 30.7 Å². The molecule has 30 heavy (non-hydrogen) atoms. The third-order valence-corrected chi connectivity index (χ3v) is 5.91. The molecule has 1 saturated heterocycles. The first-order chi connectivity index (χ1) is 14.4. The van der Waals surface area contributed by atoms with Crippen LogP contribution in [0.5, 0.6) is 5.75 Å². The summed E-state index contributed by atoms with van der Waals surface area (Å²) in [7, 11) is 1.51. The molecule has 2 aromatic rings. The molecule has 3 amide bonds. The normalized spacial score (nSPS) is 22.8. The van der Waals surface area contributed by atoms with Crippen LogP contribution in [0.3, 0.4) is 0 Å². The maximum absolute atomic E-state index is 12.9. The number of anilines is 2. The standard InChI is InChI=1S/C23H21ClN2O4/c1-13-4-3-5-17-20(13)23(29)26(22(17)28)16-9-6-14(7-10-16)21(27)25-18-12-15(24)8-11-19(18)30-2/h3-4,6-13,17,20H,5H2,1-2H3,(H,25,27)/t13-,17-,20-/m1/s1. The molecule has 2 aromatic carbocycles. The lowest BCUT2D eigenvalue weighted by Crippen LogP contribution is -2.31. The molecule has 0 bridgehead atoms. The molecular weight excluding hydrogens is 404 g/mol. The van der Waals surface area contributed by atoms with Crippen LogP contribution in [0.15, 0.2) is 54.6 Å². The van der Waals surface area contributed by atoms with E-state index in [1.54, 1.807) is 42.5 Å². The number of ether oxygens (including phenoxy) is 1. The van der Waals surface area contributed by atoms with Crippen LogP contribution in [0.4, 0.5) is 11.4 Å². The van der Waals surface area contributed by atoms with Crippen LogP contribution in [0, 0.1) is 17.8 Å². The molecule has 3 atom stereocenters. The zero-order valence-electron chi connectivity index (χ0n) is 16.6. The summed E-state index contributed by atoms with van der Waals surface area (Å²) >= 11 is 6.01. The molecule has 2 aliphatic rings. The van der Waals surface area contributed by atoms with Gasteiger partial charge in [-0.25, -0.2) is 0 Å². The van der Waals surface area contributed by atoms with Gasteiger partial charge < -0.3 is 10.1 Å². The predicted octanol–water partition coefficient (Wildman–Crippen LogP) is 4.30. The fourth-order valence-corrected chi connectivity index (χ4v) is 4.31. The Morgan fingerprint density at radius 2 is 1.87 bits per heavy atom. The van der Waals surface area contributed by atoms with Crippen LogP contribution in [0.1, 0.15) is 23.7 Å². The first-order valence-electron chi connectivity index (χ1n) is 9.70. The van der Waals surface area contributed by atoms with Gasteiger partial charge in [0.05, 0.1) is 30.3 Å². The first kappa shape index (κ1) is 20.2. The van der Waals surface area contributed by atoms with Gasteiger partial charge in [0.2, 0.25) is 11.8 Å². The number of hydrogen-bond donors (Lipinski definition) is 1. The molecule has 154 valence electrons. The van der Waals surface area contributed by atoms with E-state index in [1.165, 1.54) is 12.0 Å². The molecule has 0 saturated carbocycles. The van der Waals surface area contributed by atoms with E-state index in [0.29, 0.717) is 34.1 Å². The summed E-state index contributed by atoms with van der Waals surface area (Å²) in [5, 5.41) is 3.24. The number of carbonyl (C=O) groups excluding carboxylic acids is 3. The number of hydrogen-bond acceptors (Lipinski definition) is 4. The minimum atomic E-state index is -0.354. The highest BCUT2D eigenvalue weighted by atomic mass is 35.5. The van der Waals surface area contributed by atoms with Crippen LogP contribution < -0.4 is 15.0 Å². The van der Waals surface area contributed by atoms with Gasteiger partial charge in [-0.2, -0.15) is 0 Å². The van der Waals surface area contributed by atoms with Crippen LogP contribution in [-0.2, 0) is 9.59 Å². The lowest BCUT2D eigenvalue weighted by Gasteiger charge is -2.22. The van der Waals surface area contributed by atoms with Crippen molar-refractivity contribution in [1.82, 2.24) is 0 Å². The van der Waals surface area contributed by atoms with Crippen molar-refractivity contribution in [2.75, 3.05) is 17.3 Å². The maximum atomic E-state index is 12.9. The fraction of sp³-hybridized carbons (Fsp3) is 0.261. The highest BCUT2D eigenvalue weighted by Gasteiger charge is 2.50. The largest absolute Gasteiger partial charge is 0.495 e. The molecule has 1 aliphatic carbocycles. The van der Waals surface area contributed by atoms with Gasteiger partial charge in [-0.3, -0.25) is 19.3 Å². The van der Waals surface area contributed by atoms with Crippen molar-refractivity contribution < 1.29 is 19.1 Å². The number of benzene rings is 2. The van der Waals surface area contributed by atoms with E-state index in [9.17, 15) is 14.4 Å². The third kappa shape index (κ3) is 3.48. The van der Waals surface area contributed by atoms with E-state index in [1.807, 2.05) is 19.1 Å². The Morgan fingerprint density at radius 3 is 2.53 bits per heavy atom. The number of imide groups is 1. The number of fused-ring (bicyclic) bond motifs is 1. The minimum Gasteiger partial charge on any atom is -0.495 e. The van der Waals surface area contributed by atoms with Crippen molar-refractivity contribution in [2.24, 2.45) is 17.8 Å². The number of carbonyl (C=O) groups is 3. The van der Waals surface area contributed by atoms with Crippen molar-refractivity contribution in [3.8, 4) is 5.75 Å². The van der Waals surface area contributed by atoms with Crippen molar-refractivity contribution >= 4 is 40.7 Å². The Kier molecular flexibility index (Phi) is 5.35. The number of rotatable bonds is 4. The van der Waals surface area contributed by atoms with Gasteiger partial charge in [0.1, 0.15) is 5.75 Å². The quantitative estimate of drug-likeness (QED) is 0.586. The lowest BCUT2D eigenvalue weighted by molar-refractivity contribution is -0.122. The molecule has 0 aromatic heterocycles. The van der Waals surface area contributed by atoms with Crippen LogP contribution in [0.2, 0.25) is 5.02 Å². The van der Waals surface area contributed by atoms with E-state index in [4.69, 9.17) is 16.3 Å². The SMILES string of the molecule is COc1ccc(Cl)cc1NC(=O)c1ccc(N2C(=O)[C@@H]3[C@H](C)C=CC[C@H]3C2=O)cc1. The second kappa shape index (κ2) is 7.95. The van der Waals surface area contributed by atoms with Gasteiger partial charge in [-0.15, -0.1) is 0 Å². The monoisotopic (exact) mass is 424 g/mol. The summed E-state index contributed by atoms with van der Waals surface area (Å²) < 4.78 is 5.24. The summed E-state index contributed by atoms with van der Waals surface area (Å²) in [6, 6.07) is 11.4. The summed E-state index contributed by atoms with van der Waals surface area (Å²) in [6.45, 7) is 1.96. The van der Waals surface area contributed by atoms with Gasteiger partial charge in [0, 0.05) is 10.6 Å². The molecule has 0 radical (unpaired) electrons. The number of nitrogens with zero attached hydrogens (tertiary/aromatic N) is 1. The smallest absolute Gasteiger partial charge is 0.255 e. The molecule has 1 N–H and O–H groups in total. The van der Waals surface area contributed by atoms with Gasteiger partial charge >= 0.3 is 0 Å². The molecular formula is C23H21ClN2O4. The average molecular weight is 425 g/mol. The number of methoxy groups -OCH3 is 1. The molecule has 1 aliphatic heterocycles. The Bertz CT molecular complexity index is 1050. The molecule has 0 spiro atoms. The minimum absolute atomic E-state index is 0.0305. The number of allylic oxidation sites excluding steroid dienone is 2. The van der Waals surface area contributed by atoms with E-state index in [2.05, 4.69) is 5.32 Å². The van der Waals surface area contributed by atoms with Gasteiger partial charge in [0.25, 0.3) is 5.91 Å². The third-order valence-electron chi connectivity index (χ3n) is 5.67. The lowest BCUT2D eigenvalue weighted by atomic mass is 9.78. The Hall–Kier alpha value is -3.12. The molecule has 0 unspecified atom stereocenters.